The first-order valence-corrected chi connectivity index (χ1v) is 7.37. The standard InChI is InChI=1S/C18H21NO3/c1-3-12-22-16-10-8-14(9-11-16)18(20)19-13-15-6-4-5-7-17(15)21-2/h4-11H,3,12-13H2,1-2H3,(H,19,20). The largest absolute Gasteiger partial charge is 0.496 e. The van der Waals surface area contributed by atoms with Crippen LogP contribution in [0.2, 0.25) is 0 Å². The zero-order valence-electron chi connectivity index (χ0n) is 13.0. The Bertz CT molecular complexity index is 608. The Morgan fingerprint density at radius 3 is 2.50 bits per heavy atom. The maximum atomic E-state index is 12.2. The number of carbonyl (C=O) groups excluding carboxylic acids is 1. The second kappa shape index (κ2) is 8.08. The fourth-order valence-corrected chi connectivity index (χ4v) is 2.05. The van der Waals surface area contributed by atoms with E-state index in [4.69, 9.17) is 9.47 Å². The van der Waals surface area contributed by atoms with Crippen LogP contribution in [0.15, 0.2) is 48.5 Å². The van der Waals surface area contributed by atoms with E-state index in [1.165, 1.54) is 0 Å². The van der Waals surface area contributed by atoms with E-state index in [0.29, 0.717) is 18.7 Å². The van der Waals surface area contributed by atoms with Gasteiger partial charge in [0, 0.05) is 17.7 Å². The van der Waals surface area contributed by atoms with E-state index in [9.17, 15) is 4.79 Å². The Balaban J connectivity index is 1.94. The number of nitrogens with one attached hydrogen (secondary N) is 1. The zero-order valence-corrected chi connectivity index (χ0v) is 13.0. The molecule has 2 aromatic rings. The van der Waals surface area contributed by atoms with Gasteiger partial charge in [-0.2, -0.15) is 0 Å². The number of hydrogen-bond donors (Lipinski definition) is 1. The molecule has 22 heavy (non-hydrogen) atoms. The number of benzene rings is 2. The quantitative estimate of drug-likeness (QED) is 0.852. The number of methoxy groups -OCH3 is 1. The van der Waals surface area contributed by atoms with Gasteiger partial charge in [0.15, 0.2) is 0 Å². The van der Waals surface area contributed by atoms with Gasteiger partial charge in [0.25, 0.3) is 5.91 Å². The van der Waals surface area contributed by atoms with E-state index < -0.39 is 0 Å². The van der Waals surface area contributed by atoms with Gasteiger partial charge in [-0.3, -0.25) is 4.79 Å². The number of ether oxygens (including phenoxy) is 2. The van der Waals surface area contributed by atoms with E-state index in [1.54, 1.807) is 19.2 Å². The molecule has 0 saturated carbocycles. The summed E-state index contributed by atoms with van der Waals surface area (Å²) in [6.07, 6.45) is 0.959. The van der Waals surface area contributed by atoms with Crippen LogP contribution >= 0.6 is 0 Å². The Morgan fingerprint density at radius 2 is 1.82 bits per heavy atom. The Hall–Kier alpha value is -2.49. The number of carbonyl (C=O) groups is 1. The molecule has 0 spiro atoms. The molecule has 2 aromatic carbocycles. The maximum absolute atomic E-state index is 12.2. The van der Waals surface area contributed by atoms with Gasteiger partial charge in [-0.15, -0.1) is 0 Å². The van der Waals surface area contributed by atoms with Crippen LogP contribution < -0.4 is 14.8 Å². The minimum absolute atomic E-state index is 0.118. The van der Waals surface area contributed by atoms with Crippen LogP contribution in [-0.2, 0) is 6.54 Å². The van der Waals surface area contributed by atoms with Gasteiger partial charge < -0.3 is 14.8 Å². The van der Waals surface area contributed by atoms with Gasteiger partial charge in [-0.25, -0.2) is 0 Å². The van der Waals surface area contributed by atoms with Crippen LogP contribution in [0.1, 0.15) is 29.3 Å². The van der Waals surface area contributed by atoms with Crippen molar-refractivity contribution in [2.45, 2.75) is 19.9 Å². The van der Waals surface area contributed by atoms with Crippen LogP contribution in [0, 0.1) is 0 Å². The third-order valence-corrected chi connectivity index (χ3v) is 3.22. The Morgan fingerprint density at radius 1 is 1.09 bits per heavy atom. The summed E-state index contributed by atoms with van der Waals surface area (Å²) in [5.41, 5.74) is 1.56. The monoisotopic (exact) mass is 299 g/mol. The molecule has 0 fully saturated rings. The fourth-order valence-electron chi connectivity index (χ4n) is 2.05. The summed E-state index contributed by atoms with van der Waals surface area (Å²) in [5.74, 6) is 1.43. The SMILES string of the molecule is CCCOc1ccc(C(=O)NCc2ccccc2OC)cc1. The molecule has 0 bridgehead atoms. The van der Waals surface area contributed by atoms with Crippen molar-refractivity contribution in [1.82, 2.24) is 5.32 Å². The van der Waals surface area contributed by atoms with E-state index in [-0.39, 0.29) is 5.91 Å². The van der Waals surface area contributed by atoms with Crippen LogP contribution in [0.5, 0.6) is 11.5 Å². The molecule has 0 aromatic heterocycles. The lowest BCUT2D eigenvalue weighted by atomic mass is 10.1. The minimum atomic E-state index is -0.118. The van der Waals surface area contributed by atoms with Gasteiger partial charge in [-0.1, -0.05) is 25.1 Å². The van der Waals surface area contributed by atoms with Crippen molar-refractivity contribution in [3.8, 4) is 11.5 Å². The highest BCUT2D eigenvalue weighted by Crippen LogP contribution is 2.17. The zero-order chi connectivity index (χ0) is 15.8. The van der Waals surface area contributed by atoms with Gasteiger partial charge in [-0.05, 0) is 36.8 Å². The van der Waals surface area contributed by atoms with E-state index in [1.807, 2.05) is 36.4 Å². The second-order valence-corrected chi connectivity index (χ2v) is 4.87. The van der Waals surface area contributed by atoms with Crippen molar-refractivity contribution in [3.05, 3.63) is 59.7 Å². The first-order chi connectivity index (χ1) is 10.7. The molecule has 0 radical (unpaired) electrons. The molecule has 1 amide bonds. The average molecular weight is 299 g/mol. The lowest BCUT2D eigenvalue weighted by Crippen LogP contribution is -2.22. The van der Waals surface area contributed by atoms with Crippen molar-refractivity contribution in [2.24, 2.45) is 0 Å². The predicted octanol–water partition coefficient (Wildman–Crippen LogP) is 3.41. The summed E-state index contributed by atoms with van der Waals surface area (Å²) in [6.45, 7) is 3.16. The van der Waals surface area contributed by atoms with Crippen molar-refractivity contribution in [1.29, 1.82) is 0 Å². The topological polar surface area (TPSA) is 47.6 Å². The molecule has 4 nitrogen and oxygen atoms in total. The highest BCUT2D eigenvalue weighted by Gasteiger charge is 2.07. The molecular formula is C18H21NO3. The molecule has 0 saturated heterocycles. The molecule has 0 atom stereocenters. The van der Waals surface area contributed by atoms with Crippen LogP contribution in [0.3, 0.4) is 0 Å². The van der Waals surface area contributed by atoms with Crippen LogP contribution in [0.4, 0.5) is 0 Å². The first kappa shape index (κ1) is 15.9. The van der Waals surface area contributed by atoms with Crippen molar-refractivity contribution < 1.29 is 14.3 Å². The summed E-state index contributed by atoms with van der Waals surface area (Å²) < 4.78 is 10.8. The van der Waals surface area contributed by atoms with E-state index in [0.717, 1.165) is 23.5 Å². The highest BCUT2D eigenvalue weighted by atomic mass is 16.5. The Kier molecular flexibility index (Phi) is 5.83. The van der Waals surface area contributed by atoms with E-state index >= 15 is 0 Å². The number of hydrogen-bond acceptors (Lipinski definition) is 3. The number of para-hydroxylation sites is 1. The molecule has 0 aliphatic carbocycles. The second-order valence-electron chi connectivity index (χ2n) is 4.87. The minimum Gasteiger partial charge on any atom is -0.496 e. The first-order valence-electron chi connectivity index (χ1n) is 7.37. The molecule has 1 N–H and O–H groups in total. The normalized spacial score (nSPS) is 10.1. The molecule has 0 unspecified atom stereocenters. The van der Waals surface area contributed by atoms with Crippen molar-refractivity contribution in [2.75, 3.05) is 13.7 Å². The number of amides is 1. The number of rotatable bonds is 7. The summed E-state index contributed by atoms with van der Waals surface area (Å²) in [7, 11) is 1.62. The third kappa shape index (κ3) is 4.25. The molecule has 2 rings (SSSR count). The summed E-state index contributed by atoms with van der Waals surface area (Å²) in [4.78, 5) is 12.2. The fraction of sp³-hybridized carbons (Fsp3) is 0.278. The summed E-state index contributed by atoms with van der Waals surface area (Å²) in [5, 5.41) is 2.89. The van der Waals surface area contributed by atoms with Gasteiger partial charge in [0.2, 0.25) is 0 Å². The van der Waals surface area contributed by atoms with Crippen LogP contribution in [0.25, 0.3) is 0 Å². The molecule has 0 heterocycles. The third-order valence-electron chi connectivity index (χ3n) is 3.22. The molecule has 0 aliphatic rings. The van der Waals surface area contributed by atoms with Gasteiger partial charge in [0.05, 0.1) is 13.7 Å². The molecular weight excluding hydrogens is 278 g/mol. The lowest BCUT2D eigenvalue weighted by molar-refractivity contribution is 0.0950. The van der Waals surface area contributed by atoms with Gasteiger partial charge in [0.1, 0.15) is 11.5 Å². The van der Waals surface area contributed by atoms with Crippen molar-refractivity contribution >= 4 is 5.91 Å². The van der Waals surface area contributed by atoms with Crippen molar-refractivity contribution in [3.63, 3.8) is 0 Å². The lowest BCUT2D eigenvalue weighted by Gasteiger charge is -2.10. The molecule has 4 heteroatoms. The predicted molar refractivity (Wildman–Crippen MR) is 86.4 cm³/mol. The average Bonchev–Trinajstić information content (AvgIpc) is 2.58. The highest BCUT2D eigenvalue weighted by molar-refractivity contribution is 5.94. The maximum Gasteiger partial charge on any atom is 0.251 e. The van der Waals surface area contributed by atoms with Crippen LogP contribution in [-0.4, -0.2) is 19.6 Å². The smallest absolute Gasteiger partial charge is 0.251 e. The molecule has 116 valence electrons. The Labute approximate surface area is 131 Å². The molecule has 0 aliphatic heterocycles. The van der Waals surface area contributed by atoms with Gasteiger partial charge >= 0.3 is 0 Å². The summed E-state index contributed by atoms with van der Waals surface area (Å²) in [6, 6.07) is 14.8. The summed E-state index contributed by atoms with van der Waals surface area (Å²) >= 11 is 0. The van der Waals surface area contributed by atoms with E-state index in [2.05, 4.69) is 12.2 Å².